The van der Waals surface area contributed by atoms with Gasteiger partial charge in [-0.2, -0.15) is 0 Å². The van der Waals surface area contributed by atoms with Crippen LogP contribution >= 0.6 is 7.60 Å². The minimum atomic E-state index is -3.68. The molecule has 0 atom stereocenters. The highest BCUT2D eigenvalue weighted by Gasteiger charge is 2.52. The van der Waals surface area contributed by atoms with Crippen LogP contribution in [0.25, 0.3) is 0 Å². The molecule has 9 heteroatoms. The molecule has 0 radical (unpaired) electrons. The van der Waals surface area contributed by atoms with Gasteiger partial charge in [0.25, 0.3) is 5.53 Å². The van der Waals surface area contributed by atoms with Gasteiger partial charge in [-0.3, -0.25) is 9.55 Å². The maximum Gasteiger partial charge on any atom is 0.389 e. The Labute approximate surface area is 154 Å². The second kappa shape index (κ2) is 10.7. The third-order valence-electron chi connectivity index (χ3n) is 3.69. The smallest absolute Gasteiger partial charge is 0.389 e. The Kier molecular flexibility index (Phi) is 9.39. The summed E-state index contributed by atoms with van der Waals surface area (Å²) in [5, 5.41) is 0. The number of nitrogens with zero attached hydrogens (tertiary/aromatic N) is 1. The van der Waals surface area contributed by atoms with Gasteiger partial charge in [-0.25, -0.2) is 4.79 Å². The first-order valence-corrected chi connectivity index (χ1v) is 10.1. The van der Waals surface area contributed by atoms with Crippen molar-refractivity contribution in [3.05, 3.63) is 29.6 Å². The molecule has 0 aliphatic carbocycles. The second-order valence-electron chi connectivity index (χ2n) is 5.21. The molecule has 0 aromatic carbocycles. The molecular weight excluding hydrogens is 361 g/mol. The predicted molar refractivity (Wildman–Crippen MR) is 96.1 cm³/mol. The van der Waals surface area contributed by atoms with Gasteiger partial charge >= 0.3 is 13.6 Å². The van der Waals surface area contributed by atoms with Crippen LogP contribution in [-0.4, -0.2) is 50.5 Å². The summed E-state index contributed by atoms with van der Waals surface area (Å²) in [5.74, 6) is -0.424. The van der Waals surface area contributed by atoms with Crippen LogP contribution in [0.4, 0.5) is 0 Å². The zero-order valence-corrected chi connectivity index (χ0v) is 16.9. The van der Waals surface area contributed by atoms with Crippen molar-refractivity contribution in [2.75, 3.05) is 34.0 Å². The molecule has 0 aliphatic rings. The molecule has 0 N–H and O–H groups in total. The number of pyridine rings is 1. The van der Waals surface area contributed by atoms with Crippen LogP contribution in [0.2, 0.25) is 0 Å². The fourth-order valence-corrected chi connectivity index (χ4v) is 4.40. The summed E-state index contributed by atoms with van der Waals surface area (Å²) in [6.07, 6.45) is 2.03. The maximum atomic E-state index is 13.2. The Morgan fingerprint density at radius 3 is 2.12 bits per heavy atom. The van der Waals surface area contributed by atoms with E-state index in [0.717, 1.165) is 0 Å². The second-order valence-corrected chi connectivity index (χ2v) is 7.41. The van der Waals surface area contributed by atoms with Gasteiger partial charge in [0.05, 0.1) is 25.4 Å². The van der Waals surface area contributed by atoms with Gasteiger partial charge in [0.2, 0.25) is 0 Å². The van der Waals surface area contributed by atoms with Crippen LogP contribution in [0.3, 0.4) is 0 Å². The van der Waals surface area contributed by atoms with Crippen molar-refractivity contribution in [3.8, 4) is 0 Å². The van der Waals surface area contributed by atoms with Gasteiger partial charge in [-0.1, -0.05) is 0 Å². The van der Waals surface area contributed by atoms with E-state index >= 15 is 0 Å². The van der Waals surface area contributed by atoms with Crippen molar-refractivity contribution >= 4 is 13.6 Å². The van der Waals surface area contributed by atoms with Crippen LogP contribution in [0.5, 0.6) is 0 Å². The first-order valence-electron chi connectivity index (χ1n) is 8.53. The van der Waals surface area contributed by atoms with Crippen molar-refractivity contribution in [2.24, 2.45) is 0 Å². The summed E-state index contributed by atoms with van der Waals surface area (Å²) in [4.78, 5) is 15.9. The molecule has 0 bridgehead atoms. The number of hydrogen-bond acceptors (Lipinski definition) is 8. The Balaban J connectivity index is 2.94. The highest BCUT2D eigenvalue weighted by Crippen LogP contribution is 2.62. The lowest BCUT2D eigenvalue weighted by molar-refractivity contribution is -0.163. The van der Waals surface area contributed by atoms with Gasteiger partial charge in [0, 0.05) is 32.5 Å². The molecule has 0 fully saturated rings. The number of aryl methyl sites for hydroxylation is 1. The van der Waals surface area contributed by atoms with Crippen molar-refractivity contribution in [1.29, 1.82) is 0 Å². The molecule has 26 heavy (non-hydrogen) atoms. The minimum absolute atomic E-state index is 0.193. The average Bonchev–Trinajstić information content (AvgIpc) is 2.64. The minimum Gasteiger partial charge on any atom is -0.462 e. The van der Waals surface area contributed by atoms with Crippen molar-refractivity contribution < 1.29 is 32.6 Å². The van der Waals surface area contributed by atoms with Gasteiger partial charge < -0.3 is 23.3 Å². The monoisotopic (exact) mass is 389 g/mol. The Morgan fingerprint density at radius 2 is 1.69 bits per heavy atom. The highest BCUT2D eigenvalue weighted by atomic mass is 31.2. The average molecular weight is 389 g/mol. The number of carbonyl (C=O) groups is 1. The fourth-order valence-electron chi connectivity index (χ4n) is 2.42. The Hall–Kier alpha value is -1.31. The molecule has 0 saturated heterocycles. The van der Waals surface area contributed by atoms with E-state index in [0.29, 0.717) is 24.3 Å². The molecule has 1 aromatic rings. The summed E-state index contributed by atoms with van der Waals surface area (Å²) in [6.45, 7) is 5.87. The number of ether oxygens (including phenoxy) is 3. The summed E-state index contributed by atoms with van der Waals surface area (Å²) < 4.78 is 39.7. The van der Waals surface area contributed by atoms with E-state index in [4.69, 9.17) is 23.3 Å². The van der Waals surface area contributed by atoms with Crippen molar-refractivity contribution in [2.45, 2.75) is 39.1 Å². The Bertz CT molecular complexity index is 592. The van der Waals surface area contributed by atoms with Gasteiger partial charge in [-0.15, -0.1) is 0 Å². The summed E-state index contributed by atoms with van der Waals surface area (Å²) in [5.41, 5.74) is -0.494. The largest absolute Gasteiger partial charge is 0.462 e. The van der Waals surface area contributed by atoms with E-state index in [1.165, 1.54) is 20.4 Å². The molecule has 8 nitrogen and oxygen atoms in total. The standard InChI is InChI=1S/C17H28NO7P/c1-6-23-16(19)14-9-10-15(18-13-14)11-12-17(21-4,22-5)26(20,24-7-2)25-8-3/h9-10,13H,6-8,11-12H2,1-5H3. The third kappa shape index (κ3) is 5.34. The lowest BCUT2D eigenvalue weighted by atomic mass is 10.2. The number of aromatic nitrogens is 1. The van der Waals surface area contributed by atoms with Crippen molar-refractivity contribution in [3.63, 3.8) is 0 Å². The molecule has 1 heterocycles. The van der Waals surface area contributed by atoms with Crippen LogP contribution in [0.1, 0.15) is 43.2 Å². The lowest BCUT2D eigenvalue weighted by Gasteiger charge is -2.36. The van der Waals surface area contributed by atoms with E-state index in [2.05, 4.69) is 4.98 Å². The molecule has 148 valence electrons. The molecule has 0 unspecified atom stereocenters. The quantitative estimate of drug-likeness (QED) is 0.305. The van der Waals surface area contributed by atoms with Crippen LogP contribution in [0.15, 0.2) is 18.3 Å². The topological polar surface area (TPSA) is 93.2 Å². The normalized spacial score (nSPS) is 12.2. The zero-order valence-electron chi connectivity index (χ0n) is 16.0. The molecule has 0 spiro atoms. The first-order chi connectivity index (χ1) is 12.4. The summed E-state index contributed by atoms with van der Waals surface area (Å²) in [6, 6.07) is 3.33. The number of hydrogen-bond donors (Lipinski definition) is 0. The molecule has 0 amide bonds. The van der Waals surface area contributed by atoms with Gasteiger partial charge in [-0.05, 0) is 39.3 Å². The van der Waals surface area contributed by atoms with Gasteiger partial charge in [0.1, 0.15) is 0 Å². The number of rotatable bonds is 12. The lowest BCUT2D eigenvalue weighted by Crippen LogP contribution is -2.36. The molecule has 0 aliphatic heterocycles. The van der Waals surface area contributed by atoms with E-state index in [-0.39, 0.29) is 19.6 Å². The van der Waals surface area contributed by atoms with Crippen LogP contribution in [-0.2, 0) is 34.2 Å². The highest BCUT2D eigenvalue weighted by molar-refractivity contribution is 7.55. The summed E-state index contributed by atoms with van der Waals surface area (Å²) in [7, 11) is -0.889. The van der Waals surface area contributed by atoms with E-state index < -0.39 is 19.1 Å². The maximum absolute atomic E-state index is 13.2. The SMILES string of the molecule is CCOC(=O)c1ccc(CCC(OC)(OC)P(=O)(OCC)OCC)nc1. The fraction of sp³-hybridized carbons (Fsp3) is 0.647. The predicted octanol–water partition coefficient (Wildman–Crippen LogP) is 3.40. The first kappa shape index (κ1) is 22.7. The van der Waals surface area contributed by atoms with E-state index in [9.17, 15) is 9.36 Å². The number of methoxy groups -OCH3 is 2. The number of esters is 1. The Morgan fingerprint density at radius 1 is 1.08 bits per heavy atom. The molecule has 0 saturated carbocycles. The molecular formula is C17H28NO7P. The molecule has 1 aromatic heterocycles. The van der Waals surface area contributed by atoms with E-state index in [1.807, 2.05) is 0 Å². The zero-order chi connectivity index (χ0) is 19.6. The van der Waals surface area contributed by atoms with E-state index in [1.54, 1.807) is 32.9 Å². The van der Waals surface area contributed by atoms with Crippen molar-refractivity contribution in [1.82, 2.24) is 4.98 Å². The van der Waals surface area contributed by atoms with Gasteiger partial charge in [0.15, 0.2) is 0 Å². The van der Waals surface area contributed by atoms with Crippen LogP contribution in [0, 0.1) is 0 Å². The molecule has 1 rings (SSSR count). The number of carbonyl (C=O) groups excluding carboxylic acids is 1. The van der Waals surface area contributed by atoms with Crippen LogP contribution < -0.4 is 0 Å². The third-order valence-corrected chi connectivity index (χ3v) is 6.31. The summed E-state index contributed by atoms with van der Waals surface area (Å²) >= 11 is 0.